The van der Waals surface area contributed by atoms with Gasteiger partial charge in [0.25, 0.3) is 0 Å². The lowest BCUT2D eigenvalue weighted by molar-refractivity contribution is -0.147. The van der Waals surface area contributed by atoms with Gasteiger partial charge in [-0.05, 0) is 51.4 Å². The molecular weight excluding hydrogens is 498 g/mol. The van der Waals surface area contributed by atoms with E-state index in [0.717, 1.165) is 25.7 Å². The van der Waals surface area contributed by atoms with Gasteiger partial charge in [0, 0.05) is 43.6 Å². The molecule has 1 N–H and O–H groups in total. The highest BCUT2D eigenvalue weighted by atomic mass is 32.2. The van der Waals surface area contributed by atoms with Crippen LogP contribution in [-0.2, 0) is 14.4 Å². The molecule has 1 spiro atoms. The standard InChI is InChI=1S/C30H47N3O4S/c1-7-15-31-16-11-13-21-22(25(31)35)23-26(36)32(17-9-8-10-19-34)24-27(37)33(18-12-14-30(23,24)38-21)29(5,6)20-28(2,3)4/h11-14,21-24,34H,7-10,15-20H2,1-6H3/t21-,22+,23-,24?,30-/m0/s1. The van der Waals surface area contributed by atoms with Crippen LogP contribution < -0.4 is 0 Å². The summed E-state index contributed by atoms with van der Waals surface area (Å²) < 4.78 is -0.762. The Labute approximate surface area is 233 Å². The maximum absolute atomic E-state index is 14.6. The molecule has 5 atom stereocenters. The van der Waals surface area contributed by atoms with E-state index in [0.29, 0.717) is 32.6 Å². The predicted octanol–water partition coefficient (Wildman–Crippen LogP) is 3.87. The minimum Gasteiger partial charge on any atom is -0.396 e. The lowest BCUT2D eigenvalue weighted by Crippen LogP contribution is -2.58. The summed E-state index contributed by atoms with van der Waals surface area (Å²) in [7, 11) is 0. The fraction of sp³-hybridized carbons (Fsp3) is 0.767. The normalized spacial score (nSPS) is 31.4. The van der Waals surface area contributed by atoms with Gasteiger partial charge in [-0.1, -0.05) is 52.0 Å². The highest BCUT2D eigenvalue weighted by Crippen LogP contribution is 2.61. The summed E-state index contributed by atoms with van der Waals surface area (Å²) >= 11 is 1.66. The van der Waals surface area contributed by atoms with Gasteiger partial charge in [0.2, 0.25) is 17.7 Å². The molecule has 0 aromatic rings. The molecule has 4 aliphatic heterocycles. The average molecular weight is 546 g/mol. The van der Waals surface area contributed by atoms with Gasteiger partial charge in [0.05, 0.1) is 16.6 Å². The van der Waals surface area contributed by atoms with Crippen molar-refractivity contribution in [3.05, 3.63) is 24.3 Å². The Balaban J connectivity index is 1.76. The molecule has 0 radical (unpaired) electrons. The third-order valence-corrected chi connectivity index (χ3v) is 10.2. The van der Waals surface area contributed by atoms with Gasteiger partial charge in [-0.2, -0.15) is 0 Å². The third kappa shape index (κ3) is 5.19. The molecule has 0 aliphatic carbocycles. The van der Waals surface area contributed by atoms with Gasteiger partial charge in [0.1, 0.15) is 6.04 Å². The van der Waals surface area contributed by atoms with E-state index >= 15 is 0 Å². The number of unbranched alkanes of at least 4 members (excludes halogenated alkanes) is 2. The van der Waals surface area contributed by atoms with Crippen molar-refractivity contribution >= 4 is 29.5 Å². The summed E-state index contributed by atoms with van der Waals surface area (Å²) in [6.07, 6.45) is 12.3. The highest BCUT2D eigenvalue weighted by molar-refractivity contribution is 8.02. The first-order chi connectivity index (χ1) is 17.9. The van der Waals surface area contributed by atoms with Crippen LogP contribution in [0.3, 0.4) is 0 Å². The predicted molar refractivity (Wildman–Crippen MR) is 153 cm³/mol. The van der Waals surface area contributed by atoms with Gasteiger partial charge in [-0.25, -0.2) is 0 Å². The summed E-state index contributed by atoms with van der Waals surface area (Å²) in [5.74, 6) is -1.05. The van der Waals surface area contributed by atoms with E-state index in [4.69, 9.17) is 0 Å². The molecule has 4 rings (SSSR count). The van der Waals surface area contributed by atoms with E-state index in [1.165, 1.54) is 0 Å². The van der Waals surface area contributed by atoms with Crippen molar-refractivity contribution in [2.45, 2.75) is 95.2 Å². The van der Waals surface area contributed by atoms with E-state index in [1.54, 1.807) is 16.7 Å². The van der Waals surface area contributed by atoms with Crippen LogP contribution in [0.1, 0.15) is 73.6 Å². The third-order valence-electron chi connectivity index (χ3n) is 8.49. The minimum atomic E-state index is -0.762. The molecule has 0 saturated carbocycles. The van der Waals surface area contributed by atoms with Crippen molar-refractivity contribution in [1.29, 1.82) is 0 Å². The first-order valence-corrected chi connectivity index (χ1v) is 15.3. The number of likely N-dealkylation sites (tertiary alicyclic amines) is 1. The van der Waals surface area contributed by atoms with Crippen molar-refractivity contribution in [3.8, 4) is 0 Å². The van der Waals surface area contributed by atoms with Crippen molar-refractivity contribution < 1.29 is 19.5 Å². The molecule has 38 heavy (non-hydrogen) atoms. The van der Waals surface area contributed by atoms with Crippen LogP contribution in [0.4, 0.5) is 0 Å². The molecule has 212 valence electrons. The summed E-state index contributed by atoms with van der Waals surface area (Å²) in [4.78, 5) is 48.4. The zero-order valence-electron chi connectivity index (χ0n) is 24.1. The lowest BCUT2D eigenvalue weighted by atomic mass is 9.77. The fourth-order valence-corrected chi connectivity index (χ4v) is 9.42. The Morgan fingerprint density at radius 2 is 1.71 bits per heavy atom. The van der Waals surface area contributed by atoms with Crippen LogP contribution in [0.15, 0.2) is 24.3 Å². The van der Waals surface area contributed by atoms with Crippen LogP contribution in [0.25, 0.3) is 0 Å². The molecule has 2 fully saturated rings. The fourth-order valence-electron chi connectivity index (χ4n) is 7.41. The topological polar surface area (TPSA) is 81.2 Å². The molecule has 8 heteroatoms. The summed E-state index contributed by atoms with van der Waals surface area (Å²) in [5.41, 5.74) is -0.360. The molecule has 0 aromatic carbocycles. The number of carbonyl (C=O) groups excluding carboxylic acids is 3. The maximum atomic E-state index is 14.6. The highest BCUT2D eigenvalue weighted by Gasteiger charge is 2.71. The van der Waals surface area contributed by atoms with Crippen LogP contribution in [-0.4, -0.2) is 91.9 Å². The lowest BCUT2D eigenvalue weighted by Gasteiger charge is -2.44. The van der Waals surface area contributed by atoms with Crippen LogP contribution in [0.5, 0.6) is 0 Å². The van der Waals surface area contributed by atoms with E-state index < -0.39 is 28.2 Å². The number of rotatable bonds is 9. The number of nitrogens with zero attached hydrogens (tertiary/aromatic N) is 3. The van der Waals surface area contributed by atoms with Gasteiger partial charge in [0.15, 0.2) is 0 Å². The monoisotopic (exact) mass is 545 g/mol. The Hall–Kier alpha value is -1.80. The van der Waals surface area contributed by atoms with Gasteiger partial charge in [-0.3, -0.25) is 14.4 Å². The molecule has 1 unspecified atom stereocenters. The number of hydrogen-bond donors (Lipinski definition) is 1. The Bertz CT molecular complexity index is 986. The zero-order valence-corrected chi connectivity index (χ0v) is 24.9. The minimum absolute atomic E-state index is 0.00643. The smallest absolute Gasteiger partial charge is 0.247 e. The Morgan fingerprint density at radius 3 is 2.37 bits per heavy atom. The summed E-state index contributed by atoms with van der Waals surface area (Å²) in [6.45, 7) is 15.2. The number of aliphatic hydroxyl groups is 1. The van der Waals surface area contributed by atoms with Crippen molar-refractivity contribution in [2.24, 2.45) is 17.3 Å². The average Bonchev–Trinajstić information content (AvgIpc) is 3.12. The summed E-state index contributed by atoms with van der Waals surface area (Å²) in [6, 6.07) is -0.634. The molecule has 7 nitrogen and oxygen atoms in total. The van der Waals surface area contributed by atoms with Crippen molar-refractivity contribution in [1.82, 2.24) is 14.7 Å². The number of carbonyl (C=O) groups is 3. The molecule has 2 saturated heterocycles. The number of hydrogen-bond acceptors (Lipinski definition) is 5. The number of amides is 3. The maximum Gasteiger partial charge on any atom is 0.247 e. The molecule has 4 heterocycles. The van der Waals surface area contributed by atoms with E-state index in [2.05, 4.69) is 65.8 Å². The van der Waals surface area contributed by atoms with Gasteiger partial charge in [-0.15, -0.1) is 11.8 Å². The number of aliphatic hydroxyl groups excluding tert-OH is 1. The SMILES string of the molecule is CCCN1CC=C[C@@H]2S[C@]34C=CCN(C(C)(C)CC(C)(C)C)C(=O)C3N(CCCCCO)C(=O)[C@@H]4[C@@H]2C1=O. The van der Waals surface area contributed by atoms with E-state index in [-0.39, 0.29) is 35.0 Å². The Morgan fingerprint density at radius 1 is 0.974 bits per heavy atom. The molecule has 0 bridgehead atoms. The molecule has 3 amide bonds. The second kappa shape index (κ2) is 11.0. The molecular formula is C30H47N3O4S. The van der Waals surface area contributed by atoms with Crippen molar-refractivity contribution in [2.75, 3.05) is 32.8 Å². The van der Waals surface area contributed by atoms with Crippen LogP contribution >= 0.6 is 11.8 Å². The number of thioether (sulfide) groups is 1. The van der Waals surface area contributed by atoms with Crippen molar-refractivity contribution in [3.63, 3.8) is 0 Å². The largest absolute Gasteiger partial charge is 0.396 e. The molecule has 4 aliphatic rings. The zero-order chi connectivity index (χ0) is 27.9. The van der Waals surface area contributed by atoms with Gasteiger partial charge >= 0.3 is 0 Å². The van der Waals surface area contributed by atoms with Gasteiger partial charge < -0.3 is 19.8 Å². The first-order valence-electron chi connectivity index (χ1n) is 14.4. The van der Waals surface area contributed by atoms with Crippen LogP contribution in [0, 0.1) is 17.3 Å². The quantitative estimate of drug-likeness (QED) is 0.352. The Kier molecular flexibility index (Phi) is 8.44. The summed E-state index contributed by atoms with van der Waals surface area (Å²) in [5, 5.41) is 9.15. The number of fused-ring (bicyclic) bond motifs is 2. The van der Waals surface area contributed by atoms with Crippen LogP contribution in [0.2, 0.25) is 0 Å². The van der Waals surface area contributed by atoms with E-state index in [1.807, 2.05) is 9.80 Å². The second-order valence-electron chi connectivity index (χ2n) is 13.3. The van der Waals surface area contributed by atoms with E-state index in [9.17, 15) is 19.5 Å². The first kappa shape index (κ1) is 29.2. The molecule has 0 aromatic heterocycles. The second-order valence-corrected chi connectivity index (χ2v) is 14.8.